The molecular formula is C14H21IN6O. The fourth-order valence-corrected chi connectivity index (χ4v) is 1.78. The number of hydrogen-bond acceptors (Lipinski definition) is 3. The molecule has 2 N–H and O–H groups in total. The monoisotopic (exact) mass is 416 g/mol. The molecule has 0 aliphatic heterocycles. The minimum atomic E-state index is -0.00863. The van der Waals surface area contributed by atoms with Crippen LogP contribution in [0.5, 0.6) is 0 Å². The van der Waals surface area contributed by atoms with Gasteiger partial charge in [-0.15, -0.1) is 24.0 Å². The molecular weight excluding hydrogens is 395 g/mol. The van der Waals surface area contributed by atoms with Gasteiger partial charge in [0.05, 0.1) is 18.8 Å². The van der Waals surface area contributed by atoms with E-state index in [2.05, 4.69) is 20.6 Å². The first kappa shape index (κ1) is 18.2. The average molecular weight is 416 g/mol. The van der Waals surface area contributed by atoms with Crippen LogP contribution in [0.25, 0.3) is 5.65 Å². The first-order chi connectivity index (χ1) is 10.1. The minimum absolute atomic E-state index is 0. The highest BCUT2D eigenvalue weighted by atomic mass is 127. The zero-order valence-electron chi connectivity index (χ0n) is 12.9. The number of likely N-dealkylation sites (N-methyl/N-ethyl adjacent to an activating group) is 1. The predicted molar refractivity (Wildman–Crippen MR) is 97.5 cm³/mol. The maximum atomic E-state index is 11.5. The molecule has 0 aliphatic carbocycles. The van der Waals surface area contributed by atoms with Crippen LogP contribution in [-0.4, -0.2) is 53.8 Å². The third-order valence-electron chi connectivity index (χ3n) is 2.98. The Morgan fingerprint density at radius 3 is 2.77 bits per heavy atom. The van der Waals surface area contributed by atoms with Gasteiger partial charge >= 0.3 is 0 Å². The third kappa shape index (κ3) is 4.86. The van der Waals surface area contributed by atoms with Gasteiger partial charge in [-0.05, 0) is 12.1 Å². The second-order valence-corrected chi connectivity index (χ2v) is 4.77. The van der Waals surface area contributed by atoms with E-state index in [1.54, 1.807) is 21.1 Å². The SMILES string of the molecule is CN=C(NCC(=O)N(C)C)NCc1cn2ccccc2n1.I. The van der Waals surface area contributed by atoms with Crippen LogP contribution in [0, 0.1) is 0 Å². The van der Waals surface area contributed by atoms with E-state index in [4.69, 9.17) is 0 Å². The Morgan fingerprint density at radius 1 is 1.36 bits per heavy atom. The number of imidazole rings is 1. The number of halogens is 1. The summed E-state index contributed by atoms with van der Waals surface area (Å²) in [5.74, 6) is 0.563. The van der Waals surface area contributed by atoms with Crippen LogP contribution in [0.15, 0.2) is 35.6 Å². The number of fused-ring (bicyclic) bond motifs is 1. The molecule has 0 unspecified atom stereocenters. The average Bonchev–Trinajstić information content (AvgIpc) is 2.89. The Hall–Kier alpha value is -1.84. The molecule has 1 amide bonds. The summed E-state index contributed by atoms with van der Waals surface area (Å²) in [6.07, 6.45) is 3.91. The Balaban J connectivity index is 0.00000242. The van der Waals surface area contributed by atoms with Crippen molar-refractivity contribution in [3.63, 3.8) is 0 Å². The fourth-order valence-electron chi connectivity index (χ4n) is 1.78. The summed E-state index contributed by atoms with van der Waals surface area (Å²) in [4.78, 5) is 21.6. The molecule has 120 valence electrons. The van der Waals surface area contributed by atoms with Crippen molar-refractivity contribution in [2.45, 2.75) is 6.54 Å². The van der Waals surface area contributed by atoms with Gasteiger partial charge < -0.3 is 19.9 Å². The third-order valence-corrected chi connectivity index (χ3v) is 2.98. The van der Waals surface area contributed by atoms with Crippen LogP contribution in [0.3, 0.4) is 0 Å². The summed E-state index contributed by atoms with van der Waals surface area (Å²) in [6.45, 7) is 0.745. The molecule has 0 spiro atoms. The second kappa shape index (κ2) is 8.57. The molecule has 0 saturated carbocycles. The van der Waals surface area contributed by atoms with E-state index in [0.717, 1.165) is 11.3 Å². The highest BCUT2D eigenvalue weighted by Crippen LogP contribution is 2.03. The lowest BCUT2D eigenvalue weighted by Crippen LogP contribution is -2.42. The molecule has 0 fully saturated rings. The van der Waals surface area contributed by atoms with Gasteiger partial charge in [0.15, 0.2) is 5.96 Å². The van der Waals surface area contributed by atoms with Gasteiger partial charge in [-0.1, -0.05) is 6.07 Å². The predicted octanol–water partition coefficient (Wildman–Crippen LogP) is 0.706. The van der Waals surface area contributed by atoms with E-state index in [0.29, 0.717) is 12.5 Å². The lowest BCUT2D eigenvalue weighted by Gasteiger charge is -2.13. The molecule has 2 rings (SSSR count). The van der Waals surface area contributed by atoms with Crippen LogP contribution in [0.4, 0.5) is 0 Å². The highest BCUT2D eigenvalue weighted by molar-refractivity contribution is 14.0. The molecule has 2 aromatic rings. The number of amides is 1. The van der Waals surface area contributed by atoms with E-state index >= 15 is 0 Å². The van der Waals surface area contributed by atoms with Crippen molar-refractivity contribution in [1.29, 1.82) is 0 Å². The first-order valence-electron chi connectivity index (χ1n) is 6.67. The summed E-state index contributed by atoms with van der Waals surface area (Å²) in [6, 6.07) is 5.86. The molecule has 22 heavy (non-hydrogen) atoms. The van der Waals surface area contributed by atoms with Gasteiger partial charge in [0.25, 0.3) is 0 Å². The van der Waals surface area contributed by atoms with Gasteiger partial charge in [-0.2, -0.15) is 0 Å². The summed E-state index contributed by atoms with van der Waals surface area (Å²) >= 11 is 0. The van der Waals surface area contributed by atoms with E-state index in [1.165, 1.54) is 4.90 Å². The number of aliphatic imine (C=N–C) groups is 1. The van der Waals surface area contributed by atoms with E-state index in [-0.39, 0.29) is 36.4 Å². The highest BCUT2D eigenvalue weighted by Gasteiger charge is 2.06. The molecule has 2 aromatic heterocycles. The maximum Gasteiger partial charge on any atom is 0.241 e. The molecule has 7 nitrogen and oxygen atoms in total. The quantitative estimate of drug-likeness (QED) is 0.438. The Labute approximate surface area is 146 Å². The zero-order valence-corrected chi connectivity index (χ0v) is 15.2. The van der Waals surface area contributed by atoms with Gasteiger partial charge in [-0.3, -0.25) is 9.79 Å². The number of carbonyl (C=O) groups is 1. The molecule has 0 atom stereocenters. The number of aromatic nitrogens is 2. The maximum absolute atomic E-state index is 11.5. The molecule has 8 heteroatoms. The molecule has 0 aromatic carbocycles. The van der Waals surface area contributed by atoms with Crippen molar-refractivity contribution in [1.82, 2.24) is 24.9 Å². The number of guanidine groups is 1. The van der Waals surface area contributed by atoms with Crippen molar-refractivity contribution in [2.75, 3.05) is 27.7 Å². The lowest BCUT2D eigenvalue weighted by atomic mass is 10.4. The molecule has 0 saturated heterocycles. The normalized spacial score (nSPS) is 11.0. The summed E-state index contributed by atoms with van der Waals surface area (Å²) in [5, 5.41) is 6.10. The summed E-state index contributed by atoms with van der Waals surface area (Å²) in [7, 11) is 5.10. The van der Waals surface area contributed by atoms with E-state index < -0.39 is 0 Å². The Kier molecular flexibility index (Phi) is 7.09. The van der Waals surface area contributed by atoms with Gasteiger partial charge in [0.2, 0.25) is 5.91 Å². The largest absolute Gasteiger partial charge is 0.351 e. The number of rotatable bonds is 4. The molecule has 0 radical (unpaired) electrons. The van der Waals surface area contributed by atoms with Crippen molar-refractivity contribution in [3.8, 4) is 0 Å². The van der Waals surface area contributed by atoms with Gasteiger partial charge in [0.1, 0.15) is 5.65 Å². The van der Waals surface area contributed by atoms with Crippen molar-refractivity contribution < 1.29 is 4.79 Å². The van der Waals surface area contributed by atoms with Crippen molar-refractivity contribution in [2.24, 2.45) is 4.99 Å². The number of hydrogen-bond donors (Lipinski definition) is 2. The number of nitrogens with zero attached hydrogens (tertiary/aromatic N) is 4. The van der Waals surface area contributed by atoms with Crippen LogP contribution in [0.2, 0.25) is 0 Å². The lowest BCUT2D eigenvalue weighted by molar-refractivity contribution is -0.127. The Morgan fingerprint density at radius 2 is 2.14 bits per heavy atom. The Bertz CT molecular complexity index is 619. The molecule has 2 heterocycles. The van der Waals surface area contributed by atoms with Crippen molar-refractivity contribution >= 4 is 41.5 Å². The van der Waals surface area contributed by atoms with Crippen LogP contribution in [0.1, 0.15) is 5.69 Å². The van der Waals surface area contributed by atoms with Crippen LogP contribution >= 0.6 is 24.0 Å². The van der Waals surface area contributed by atoms with E-state index in [1.807, 2.05) is 35.0 Å². The number of nitrogens with one attached hydrogen (secondary N) is 2. The number of pyridine rings is 1. The second-order valence-electron chi connectivity index (χ2n) is 4.77. The van der Waals surface area contributed by atoms with Crippen molar-refractivity contribution in [3.05, 3.63) is 36.3 Å². The molecule has 0 bridgehead atoms. The fraction of sp³-hybridized carbons (Fsp3) is 0.357. The van der Waals surface area contributed by atoms with Crippen LogP contribution < -0.4 is 10.6 Å². The smallest absolute Gasteiger partial charge is 0.241 e. The molecule has 0 aliphatic rings. The summed E-state index contributed by atoms with van der Waals surface area (Å²) in [5.41, 5.74) is 1.81. The first-order valence-corrected chi connectivity index (χ1v) is 6.67. The zero-order chi connectivity index (χ0) is 15.2. The summed E-state index contributed by atoms with van der Waals surface area (Å²) < 4.78 is 1.96. The topological polar surface area (TPSA) is 74.0 Å². The van der Waals surface area contributed by atoms with E-state index in [9.17, 15) is 4.79 Å². The minimum Gasteiger partial charge on any atom is -0.351 e. The number of carbonyl (C=O) groups excluding carboxylic acids is 1. The van der Waals surface area contributed by atoms with Crippen LogP contribution in [-0.2, 0) is 11.3 Å². The van der Waals surface area contributed by atoms with Gasteiger partial charge in [-0.25, -0.2) is 4.98 Å². The standard InChI is InChI=1S/C14H20N6O.HI/c1-15-14(17-9-13(21)19(2)3)16-8-11-10-20-7-5-4-6-12(20)18-11;/h4-7,10H,8-9H2,1-3H3,(H2,15,16,17);1H. The van der Waals surface area contributed by atoms with Gasteiger partial charge in [0, 0.05) is 33.5 Å².